The molecule has 0 spiro atoms. The molecule has 0 bridgehead atoms. The van der Waals surface area contributed by atoms with E-state index in [1.54, 1.807) is 7.11 Å². The molecule has 1 atom stereocenters. The first kappa shape index (κ1) is 20.5. The van der Waals surface area contributed by atoms with Crippen LogP contribution in [0.2, 0.25) is 0 Å². The van der Waals surface area contributed by atoms with Gasteiger partial charge in [0, 0.05) is 38.1 Å². The molecule has 2 fully saturated rings. The highest BCUT2D eigenvalue weighted by Gasteiger charge is 2.32. The van der Waals surface area contributed by atoms with E-state index in [2.05, 4.69) is 23.6 Å². The van der Waals surface area contributed by atoms with Crippen LogP contribution in [0.15, 0.2) is 29.3 Å². The second kappa shape index (κ2) is 10.3. The Labute approximate surface area is 168 Å². The molecule has 6 heteroatoms. The summed E-state index contributed by atoms with van der Waals surface area (Å²) in [6.07, 6.45) is 6.36. The summed E-state index contributed by atoms with van der Waals surface area (Å²) in [5.74, 6) is 2.37. The third-order valence-corrected chi connectivity index (χ3v) is 5.73. The summed E-state index contributed by atoms with van der Waals surface area (Å²) in [6, 6.07) is 8.35. The van der Waals surface area contributed by atoms with Gasteiger partial charge in [-0.1, -0.05) is 31.0 Å². The molecule has 1 amide bonds. The Hall–Kier alpha value is -2.24. The molecule has 0 aromatic heterocycles. The maximum Gasteiger partial charge on any atom is 0.225 e. The summed E-state index contributed by atoms with van der Waals surface area (Å²) in [7, 11) is 1.70. The number of ether oxygens (including phenoxy) is 1. The van der Waals surface area contributed by atoms with E-state index in [1.165, 1.54) is 18.4 Å². The number of carbonyl (C=O) groups is 1. The lowest BCUT2D eigenvalue weighted by Gasteiger charge is -2.21. The van der Waals surface area contributed by atoms with Crippen LogP contribution >= 0.6 is 0 Å². The lowest BCUT2D eigenvalue weighted by atomic mass is 10.1. The Kier molecular flexibility index (Phi) is 7.57. The number of carbonyl (C=O) groups excluding carboxylic acids is 1. The zero-order valence-corrected chi connectivity index (χ0v) is 17.2. The number of guanidine groups is 1. The summed E-state index contributed by atoms with van der Waals surface area (Å²) >= 11 is 0. The number of nitrogens with one attached hydrogen (secondary N) is 2. The van der Waals surface area contributed by atoms with Crippen molar-refractivity contribution in [3.63, 3.8) is 0 Å². The first-order valence-electron chi connectivity index (χ1n) is 10.7. The summed E-state index contributed by atoms with van der Waals surface area (Å²) in [6.45, 7) is 5.22. The number of nitrogens with zero attached hydrogens (tertiary/aromatic N) is 2. The maximum absolute atomic E-state index is 12.6. The summed E-state index contributed by atoms with van der Waals surface area (Å²) in [4.78, 5) is 19.4. The van der Waals surface area contributed by atoms with Crippen molar-refractivity contribution in [2.45, 2.75) is 51.5 Å². The SMILES string of the molecule is CCNC(=NCCc1ccccc1OC)NC1CCN(C(=O)C2CCCC2)C1. The maximum atomic E-state index is 12.6. The van der Waals surface area contributed by atoms with Crippen LogP contribution in [0.3, 0.4) is 0 Å². The standard InChI is InChI=1S/C22H34N4O2/c1-3-23-22(24-14-12-17-8-6-7-11-20(17)28-2)25-19-13-15-26(16-19)21(27)18-9-4-5-10-18/h6-8,11,18-19H,3-5,9-10,12-16H2,1-2H3,(H2,23,24,25). The molecule has 1 heterocycles. The normalized spacial score (nSPS) is 20.4. The average Bonchev–Trinajstić information content (AvgIpc) is 3.40. The number of amides is 1. The average molecular weight is 387 g/mol. The lowest BCUT2D eigenvalue weighted by molar-refractivity contribution is -0.134. The zero-order valence-electron chi connectivity index (χ0n) is 17.2. The fraction of sp³-hybridized carbons (Fsp3) is 0.636. The van der Waals surface area contributed by atoms with Gasteiger partial charge in [0.15, 0.2) is 5.96 Å². The Balaban J connectivity index is 1.51. The molecule has 2 aliphatic rings. The topological polar surface area (TPSA) is 66.0 Å². The molecule has 1 unspecified atom stereocenters. The van der Waals surface area contributed by atoms with Crippen molar-refractivity contribution in [2.75, 3.05) is 33.3 Å². The van der Waals surface area contributed by atoms with Crippen LogP contribution in [0.5, 0.6) is 5.75 Å². The molecule has 3 rings (SSSR count). The molecule has 2 N–H and O–H groups in total. The molecule has 154 valence electrons. The minimum absolute atomic E-state index is 0.265. The van der Waals surface area contributed by atoms with Gasteiger partial charge in [0.05, 0.1) is 7.11 Å². The highest BCUT2D eigenvalue weighted by molar-refractivity contribution is 5.81. The molecule has 1 aliphatic carbocycles. The number of hydrogen-bond donors (Lipinski definition) is 2. The van der Waals surface area contributed by atoms with Gasteiger partial charge >= 0.3 is 0 Å². The zero-order chi connectivity index (χ0) is 19.8. The number of aliphatic imine (C=N–C) groups is 1. The van der Waals surface area contributed by atoms with Crippen LogP contribution in [0.25, 0.3) is 0 Å². The number of hydrogen-bond acceptors (Lipinski definition) is 3. The molecule has 1 aliphatic heterocycles. The van der Waals surface area contributed by atoms with Crippen LogP contribution in [0.1, 0.15) is 44.6 Å². The molecule has 1 saturated heterocycles. The second-order valence-electron chi connectivity index (χ2n) is 7.72. The number of rotatable bonds is 7. The van der Waals surface area contributed by atoms with Crippen molar-refractivity contribution in [2.24, 2.45) is 10.9 Å². The summed E-state index contributed by atoms with van der Waals surface area (Å²) in [5.41, 5.74) is 1.17. The van der Waals surface area contributed by atoms with Gasteiger partial charge < -0.3 is 20.3 Å². The van der Waals surface area contributed by atoms with E-state index in [4.69, 9.17) is 9.73 Å². The number of likely N-dealkylation sites (tertiary alicyclic amines) is 1. The Morgan fingerprint density at radius 3 is 2.79 bits per heavy atom. The fourth-order valence-corrected chi connectivity index (χ4v) is 4.22. The Bertz CT molecular complexity index is 670. The van der Waals surface area contributed by atoms with Crippen LogP contribution in [0.4, 0.5) is 0 Å². The number of benzene rings is 1. The third kappa shape index (κ3) is 5.40. The minimum atomic E-state index is 0.265. The molecule has 6 nitrogen and oxygen atoms in total. The molecular weight excluding hydrogens is 352 g/mol. The van der Waals surface area contributed by atoms with E-state index >= 15 is 0 Å². The van der Waals surface area contributed by atoms with Gasteiger partial charge in [-0.3, -0.25) is 9.79 Å². The second-order valence-corrected chi connectivity index (χ2v) is 7.72. The molecule has 1 saturated carbocycles. The van der Waals surface area contributed by atoms with Gasteiger partial charge in [-0.15, -0.1) is 0 Å². The highest BCUT2D eigenvalue weighted by Crippen LogP contribution is 2.27. The van der Waals surface area contributed by atoms with Gasteiger partial charge in [-0.25, -0.2) is 0 Å². The smallest absolute Gasteiger partial charge is 0.225 e. The first-order chi connectivity index (χ1) is 13.7. The molecule has 1 aromatic rings. The van der Waals surface area contributed by atoms with Gasteiger partial charge in [-0.2, -0.15) is 0 Å². The fourth-order valence-electron chi connectivity index (χ4n) is 4.22. The molecule has 1 aromatic carbocycles. The van der Waals surface area contributed by atoms with Gasteiger partial charge in [0.1, 0.15) is 5.75 Å². The summed E-state index contributed by atoms with van der Waals surface area (Å²) < 4.78 is 5.42. The van der Waals surface area contributed by atoms with Gasteiger partial charge in [0.25, 0.3) is 0 Å². The van der Waals surface area contributed by atoms with Gasteiger partial charge in [0.2, 0.25) is 5.91 Å². The minimum Gasteiger partial charge on any atom is -0.496 e. The third-order valence-electron chi connectivity index (χ3n) is 5.73. The van der Waals surface area contributed by atoms with E-state index in [0.717, 1.165) is 57.0 Å². The molecular formula is C22H34N4O2. The predicted molar refractivity (Wildman–Crippen MR) is 113 cm³/mol. The van der Waals surface area contributed by atoms with Crippen molar-refractivity contribution in [3.8, 4) is 5.75 Å². The van der Waals surface area contributed by atoms with Crippen molar-refractivity contribution in [1.82, 2.24) is 15.5 Å². The van der Waals surface area contributed by atoms with E-state index in [9.17, 15) is 4.79 Å². The Morgan fingerprint density at radius 2 is 2.04 bits per heavy atom. The Morgan fingerprint density at radius 1 is 1.25 bits per heavy atom. The lowest BCUT2D eigenvalue weighted by Crippen LogP contribution is -2.45. The monoisotopic (exact) mass is 386 g/mol. The van der Waals surface area contributed by atoms with Crippen LogP contribution in [0, 0.1) is 5.92 Å². The molecule has 28 heavy (non-hydrogen) atoms. The van der Waals surface area contributed by atoms with Gasteiger partial charge in [-0.05, 0) is 44.2 Å². The number of methoxy groups -OCH3 is 1. The highest BCUT2D eigenvalue weighted by atomic mass is 16.5. The van der Waals surface area contributed by atoms with Crippen molar-refractivity contribution in [3.05, 3.63) is 29.8 Å². The van der Waals surface area contributed by atoms with Crippen LogP contribution < -0.4 is 15.4 Å². The van der Waals surface area contributed by atoms with E-state index in [1.807, 2.05) is 23.1 Å². The number of para-hydroxylation sites is 1. The predicted octanol–water partition coefficient (Wildman–Crippen LogP) is 2.58. The largest absolute Gasteiger partial charge is 0.496 e. The molecule has 0 radical (unpaired) electrons. The quantitative estimate of drug-likeness (QED) is 0.558. The first-order valence-corrected chi connectivity index (χ1v) is 10.7. The van der Waals surface area contributed by atoms with E-state index in [0.29, 0.717) is 12.5 Å². The summed E-state index contributed by atoms with van der Waals surface area (Å²) in [5, 5.41) is 6.85. The van der Waals surface area contributed by atoms with E-state index < -0.39 is 0 Å². The van der Waals surface area contributed by atoms with Crippen LogP contribution in [-0.4, -0.2) is 56.1 Å². The van der Waals surface area contributed by atoms with Crippen molar-refractivity contribution in [1.29, 1.82) is 0 Å². The van der Waals surface area contributed by atoms with Crippen molar-refractivity contribution >= 4 is 11.9 Å². The van der Waals surface area contributed by atoms with E-state index in [-0.39, 0.29) is 12.0 Å². The van der Waals surface area contributed by atoms with Crippen molar-refractivity contribution < 1.29 is 9.53 Å². The van der Waals surface area contributed by atoms with Crippen LogP contribution in [-0.2, 0) is 11.2 Å².